The molecule has 5 unspecified atom stereocenters. The first-order valence-corrected chi connectivity index (χ1v) is 20.6. The van der Waals surface area contributed by atoms with E-state index >= 15 is 0 Å². The van der Waals surface area contributed by atoms with Crippen LogP contribution in [0.4, 0.5) is 0 Å². The van der Waals surface area contributed by atoms with Crippen molar-refractivity contribution in [3.05, 3.63) is 102 Å². The van der Waals surface area contributed by atoms with E-state index in [-0.39, 0.29) is 0 Å². The van der Waals surface area contributed by atoms with E-state index in [4.69, 9.17) is 18.9 Å². The number of halogens is 2. The van der Waals surface area contributed by atoms with Crippen molar-refractivity contribution in [3.8, 4) is 11.5 Å². The van der Waals surface area contributed by atoms with Crippen LogP contribution in [0.3, 0.4) is 0 Å². The van der Waals surface area contributed by atoms with Gasteiger partial charge in [0.05, 0.1) is 26.4 Å². The lowest BCUT2D eigenvalue weighted by molar-refractivity contribution is 0.103. The van der Waals surface area contributed by atoms with Crippen molar-refractivity contribution in [2.45, 2.75) is 81.1 Å². The van der Waals surface area contributed by atoms with Gasteiger partial charge in [-0.25, -0.2) is 0 Å². The van der Waals surface area contributed by atoms with E-state index < -0.39 is 5.41 Å². The summed E-state index contributed by atoms with van der Waals surface area (Å²) >= 11 is 7.91. The molecule has 1 spiro atoms. The van der Waals surface area contributed by atoms with E-state index in [9.17, 15) is 0 Å². The summed E-state index contributed by atoms with van der Waals surface area (Å²) in [6.07, 6.45) is 15.6. The number of hydrogen-bond acceptors (Lipinski definition) is 4. The first kappa shape index (κ1) is 37.8. The Labute approximate surface area is 323 Å². The van der Waals surface area contributed by atoms with Gasteiger partial charge in [-0.1, -0.05) is 125 Å². The highest BCUT2D eigenvalue weighted by Gasteiger charge is 2.55. The van der Waals surface area contributed by atoms with Gasteiger partial charge in [0.2, 0.25) is 0 Å². The molecule has 0 heterocycles. The normalized spacial score (nSPS) is 20.9. The van der Waals surface area contributed by atoms with Crippen molar-refractivity contribution in [2.24, 2.45) is 29.1 Å². The minimum atomic E-state index is -0.758. The van der Waals surface area contributed by atoms with E-state index in [0.717, 1.165) is 74.4 Å². The molecule has 0 aliphatic heterocycles. The van der Waals surface area contributed by atoms with Crippen LogP contribution in [0.25, 0.3) is 23.3 Å². The van der Waals surface area contributed by atoms with E-state index in [0.29, 0.717) is 50.1 Å². The molecule has 51 heavy (non-hydrogen) atoms. The van der Waals surface area contributed by atoms with Gasteiger partial charge in [-0.2, -0.15) is 0 Å². The second-order valence-electron chi connectivity index (χ2n) is 15.1. The summed E-state index contributed by atoms with van der Waals surface area (Å²) in [5.74, 6) is 4.89. The highest BCUT2D eigenvalue weighted by atomic mass is 79.9. The number of hydrogen-bond donors (Lipinski definition) is 0. The Kier molecular flexibility index (Phi) is 11.8. The maximum absolute atomic E-state index is 7.09. The first-order chi connectivity index (χ1) is 24.5. The van der Waals surface area contributed by atoms with Gasteiger partial charge in [-0.3, -0.25) is 0 Å². The van der Waals surface area contributed by atoms with Crippen LogP contribution in [0.2, 0.25) is 0 Å². The zero-order valence-corrected chi connectivity index (χ0v) is 34.8. The van der Waals surface area contributed by atoms with Crippen molar-refractivity contribution in [2.75, 3.05) is 26.4 Å². The summed E-state index contributed by atoms with van der Waals surface area (Å²) in [5.41, 5.74) is 8.61. The molecule has 6 rings (SSSR count). The van der Waals surface area contributed by atoms with Crippen LogP contribution in [0.1, 0.15) is 103 Å². The average Bonchev–Trinajstić information content (AvgIpc) is 3.69. The number of ether oxygens (including phenoxy) is 4. The number of rotatable bonds is 16. The lowest BCUT2D eigenvalue weighted by Gasteiger charge is -2.44. The molecule has 0 saturated carbocycles. The van der Waals surface area contributed by atoms with Crippen LogP contribution >= 0.6 is 31.9 Å². The van der Waals surface area contributed by atoms with Gasteiger partial charge >= 0.3 is 0 Å². The van der Waals surface area contributed by atoms with Crippen LogP contribution < -0.4 is 9.47 Å². The van der Waals surface area contributed by atoms with E-state index in [1.165, 1.54) is 27.8 Å². The molecule has 5 atom stereocenters. The molecule has 272 valence electrons. The largest absolute Gasteiger partial charge is 0.492 e. The van der Waals surface area contributed by atoms with Gasteiger partial charge in [0, 0.05) is 8.96 Å². The van der Waals surface area contributed by atoms with Crippen molar-refractivity contribution in [3.63, 3.8) is 0 Å². The zero-order valence-electron chi connectivity index (χ0n) is 31.6. The lowest BCUT2D eigenvalue weighted by Crippen LogP contribution is -2.35. The number of benzene rings is 2. The van der Waals surface area contributed by atoms with Crippen molar-refractivity contribution in [1.29, 1.82) is 0 Å². The van der Waals surface area contributed by atoms with Crippen molar-refractivity contribution < 1.29 is 18.9 Å². The number of allylic oxidation sites excluding steroid dienone is 6. The monoisotopic (exact) mass is 816 g/mol. The van der Waals surface area contributed by atoms with E-state index in [2.05, 4.69) is 148 Å². The van der Waals surface area contributed by atoms with Gasteiger partial charge in [-0.05, 0) is 117 Å². The third-order valence-corrected chi connectivity index (χ3v) is 12.5. The molecular formula is C45H54Br2O4. The molecule has 0 fully saturated rings. The van der Waals surface area contributed by atoms with E-state index in [1.807, 2.05) is 0 Å². The molecule has 2 aromatic rings. The first-order valence-electron chi connectivity index (χ1n) is 19.0. The SMILES string of the molecule is CCC(C)COC1=C(OCC(C)CC)C2(C(Br)=CC=C3C2=Cc2cc(Br)ccc23)C2=Cc3cc(OCC(C)CC)c(OCC(C)CC)cc3C2=C1. The summed E-state index contributed by atoms with van der Waals surface area (Å²) in [4.78, 5) is 0. The molecule has 0 radical (unpaired) electrons. The van der Waals surface area contributed by atoms with Crippen molar-refractivity contribution in [1.82, 2.24) is 0 Å². The predicted molar refractivity (Wildman–Crippen MR) is 220 cm³/mol. The minimum Gasteiger partial charge on any atom is -0.492 e. The number of fused-ring (bicyclic) bond motifs is 8. The Morgan fingerprint density at radius 3 is 1.71 bits per heavy atom. The highest BCUT2D eigenvalue weighted by Crippen LogP contribution is 2.67. The Balaban J connectivity index is 1.58. The lowest BCUT2D eigenvalue weighted by atomic mass is 9.63. The zero-order chi connectivity index (χ0) is 36.4. The van der Waals surface area contributed by atoms with Crippen LogP contribution in [0.5, 0.6) is 11.5 Å². The Morgan fingerprint density at radius 2 is 1.10 bits per heavy atom. The molecule has 2 aromatic carbocycles. The molecule has 4 aliphatic carbocycles. The van der Waals surface area contributed by atoms with Crippen LogP contribution in [0.15, 0.2) is 80.2 Å². The fraction of sp³-hybridized carbons (Fsp3) is 0.467. The van der Waals surface area contributed by atoms with Gasteiger partial charge < -0.3 is 18.9 Å². The third-order valence-electron chi connectivity index (χ3n) is 11.2. The molecule has 0 bridgehead atoms. The molecule has 0 aromatic heterocycles. The topological polar surface area (TPSA) is 36.9 Å². The molecule has 4 nitrogen and oxygen atoms in total. The standard InChI is InChI=1S/C45H54Br2O4/c1-9-27(5)23-48-40-20-32-19-39-37(36(32)21-41(40)49-24-28(6)10-2)22-42(50-25-29(7)11-3)44(51-26-30(8)12-4)45(39)38-18-31-17-33(46)13-14-34(31)35(38)15-16-43(45)47/h13-22,27-30H,9-12,23-26H2,1-8H3. The molecule has 6 heteroatoms. The highest BCUT2D eigenvalue weighted by molar-refractivity contribution is 9.11. The van der Waals surface area contributed by atoms with Crippen LogP contribution in [0, 0.1) is 29.1 Å². The van der Waals surface area contributed by atoms with Gasteiger partial charge in [-0.15, -0.1) is 0 Å². The van der Waals surface area contributed by atoms with Crippen LogP contribution in [-0.4, -0.2) is 26.4 Å². The Hall–Kier alpha value is -2.96. The van der Waals surface area contributed by atoms with E-state index in [1.54, 1.807) is 0 Å². The van der Waals surface area contributed by atoms with Gasteiger partial charge in [0.25, 0.3) is 0 Å². The summed E-state index contributed by atoms with van der Waals surface area (Å²) in [5, 5.41) is 0. The summed E-state index contributed by atoms with van der Waals surface area (Å²) in [6, 6.07) is 11.0. The minimum absolute atomic E-state index is 0.382. The molecule has 0 amide bonds. The van der Waals surface area contributed by atoms with Crippen LogP contribution in [-0.2, 0) is 9.47 Å². The maximum Gasteiger partial charge on any atom is 0.161 e. The van der Waals surface area contributed by atoms with Gasteiger partial charge in [0.15, 0.2) is 23.0 Å². The fourth-order valence-electron chi connectivity index (χ4n) is 6.86. The summed E-state index contributed by atoms with van der Waals surface area (Å²) in [7, 11) is 0. The smallest absolute Gasteiger partial charge is 0.161 e. The second kappa shape index (κ2) is 16.0. The Bertz CT molecular complexity index is 1840. The quantitative estimate of drug-likeness (QED) is 0.169. The van der Waals surface area contributed by atoms with Crippen molar-refractivity contribution >= 4 is 55.2 Å². The predicted octanol–water partition coefficient (Wildman–Crippen LogP) is 13.2. The second-order valence-corrected chi connectivity index (χ2v) is 16.9. The molecule has 0 N–H and O–H groups in total. The summed E-state index contributed by atoms with van der Waals surface area (Å²) < 4.78 is 29.2. The fourth-order valence-corrected chi connectivity index (χ4v) is 7.98. The average molecular weight is 819 g/mol. The third kappa shape index (κ3) is 7.21. The maximum atomic E-state index is 7.09. The molecular weight excluding hydrogens is 764 g/mol. The van der Waals surface area contributed by atoms with Gasteiger partial charge in [0.1, 0.15) is 5.41 Å². The molecule has 4 aliphatic rings. The summed E-state index contributed by atoms with van der Waals surface area (Å²) in [6.45, 7) is 20.3. The Morgan fingerprint density at radius 1 is 0.569 bits per heavy atom. The molecule has 0 saturated heterocycles.